The van der Waals surface area contributed by atoms with Gasteiger partial charge < -0.3 is 10.6 Å². The summed E-state index contributed by atoms with van der Waals surface area (Å²) in [4.78, 5) is 16.3. The van der Waals surface area contributed by atoms with Crippen LogP contribution >= 0.6 is 24.0 Å². The SMILES string of the molecule is CCC(CSC)N(C)CC(=O)N(C)CCC(N)=S. The van der Waals surface area contributed by atoms with Crippen molar-refractivity contribution < 1.29 is 4.79 Å². The minimum absolute atomic E-state index is 0.119. The van der Waals surface area contributed by atoms with Crippen LogP contribution in [0, 0.1) is 0 Å². The third kappa shape index (κ3) is 7.18. The zero-order valence-corrected chi connectivity index (χ0v) is 13.4. The molecule has 1 amide bonds. The molecule has 1 atom stereocenters. The lowest BCUT2D eigenvalue weighted by Crippen LogP contribution is -2.42. The second-order valence-corrected chi connectivity index (χ2v) is 5.90. The lowest BCUT2D eigenvalue weighted by Gasteiger charge is -2.28. The van der Waals surface area contributed by atoms with Crippen LogP contribution in [0.1, 0.15) is 19.8 Å². The Labute approximate surface area is 120 Å². The van der Waals surface area contributed by atoms with Crippen molar-refractivity contribution in [1.29, 1.82) is 0 Å². The molecule has 18 heavy (non-hydrogen) atoms. The molecule has 0 saturated carbocycles. The van der Waals surface area contributed by atoms with Gasteiger partial charge >= 0.3 is 0 Å². The Morgan fingerprint density at radius 1 is 1.44 bits per heavy atom. The smallest absolute Gasteiger partial charge is 0.236 e. The van der Waals surface area contributed by atoms with E-state index in [0.717, 1.165) is 12.2 Å². The van der Waals surface area contributed by atoms with E-state index in [1.54, 1.807) is 11.9 Å². The maximum Gasteiger partial charge on any atom is 0.236 e. The van der Waals surface area contributed by atoms with Crippen LogP contribution in [-0.4, -0.2) is 65.9 Å². The van der Waals surface area contributed by atoms with E-state index in [9.17, 15) is 4.79 Å². The van der Waals surface area contributed by atoms with Crippen LogP contribution < -0.4 is 5.73 Å². The highest BCUT2D eigenvalue weighted by Gasteiger charge is 2.17. The van der Waals surface area contributed by atoms with Gasteiger partial charge in [0.1, 0.15) is 0 Å². The number of carbonyl (C=O) groups excluding carboxylic acids is 1. The Morgan fingerprint density at radius 2 is 2.06 bits per heavy atom. The van der Waals surface area contributed by atoms with Gasteiger partial charge in [0, 0.05) is 31.8 Å². The maximum absolute atomic E-state index is 12.0. The van der Waals surface area contributed by atoms with Gasteiger partial charge in [-0.25, -0.2) is 0 Å². The summed E-state index contributed by atoms with van der Waals surface area (Å²) in [6.07, 6.45) is 3.73. The van der Waals surface area contributed by atoms with Crippen LogP contribution in [0.25, 0.3) is 0 Å². The van der Waals surface area contributed by atoms with E-state index in [1.165, 1.54) is 0 Å². The highest BCUT2D eigenvalue weighted by atomic mass is 32.2. The van der Waals surface area contributed by atoms with Crippen molar-refractivity contribution in [2.75, 3.05) is 39.2 Å². The Kier molecular flexibility index (Phi) is 9.40. The molecule has 0 aromatic rings. The van der Waals surface area contributed by atoms with Crippen molar-refractivity contribution in [3.8, 4) is 0 Å². The predicted octanol–water partition coefficient (Wildman–Crippen LogP) is 1.19. The first-order chi connectivity index (χ1) is 8.42. The molecule has 0 aliphatic heterocycles. The molecule has 0 aromatic carbocycles. The summed E-state index contributed by atoms with van der Waals surface area (Å²) in [7, 11) is 3.80. The van der Waals surface area contributed by atoms with E-state index in [2.05, 4.69) is 18.1 Å². The van der Waals surface area contributed by atoms with Crippen molar-refractivity contribution in [2.45, 2.75) is 25.8 Å². The Hall–Kier alpha value is -0.330. The first kappa shape index (κ1) is 17.7. The van der Waals surface area contributed by atoms with E-state index in [1.807, 2.05) is 18.8 Å². The molecular formula is C12H25N3OS2. The molecular weight excluding hydrogens is 266 g/mol. The Bertz CT molecular complexity index is 274. The number of nitrogens with two attached hydrogens (primary N) is 1. The number of hydrogen-bond acceptors (Lipinski definition) is 4. The van der Waals surface area contributed by atoms with Crippen LogP contribution in [0.3, 0.4) is 0 Å². The summed E-state index contributed by atoms with van der Waals surface area (Å²) >= 11 is 6.62. The average Bonchev–Trinajstić information content (AvgIpc) is 2.32. The number of thiocarbonyl (C=S) groups is 1. The monoisotopic (exact) mass is 291 g/mol. The summed E-state index contributed by atoms with van der Waals surface area (Å²) in [5, 5.41) is 0. The summed E-state index contributed by atoms with van der Waals surface area (Å²) in [5.74, 6) is 1.17. The Morgan fingerprint density at radius 3 is 2.50 bits per heavy atom. The fourth-order valence-corrected chi connectivity index (χ4v) is 2.58. The van der Waals surface area contributed by atoms with Crippen LogP contribution in [-0.2, 0) is 4.79 Å². The quantitative estimate of drug-likeness (QED) is 0.647. The van der Waals surface area contributed by atoms with Crippen molar-refractivity contribution in [1.82, 2.24) is 9.80 Å². The maximum atomic E-state index is 12.0. The molecule has 0 aliphatic rings. The molecule has 0 radical (unpaired) electrons. The number of carbonyl (C=O) groups is 1. The fourth-order valence-electron chi connectivity index (χ4n) is 1.61. The molecule has 4 nitrogen and oxygen atoms in total. The lowest BCUT2D eigenvalue weighted by atomic mass is 10.2. The summed E-state index contributed by atoms with van der Waals surface area (Å²) in [6.45, 7) is 3.20. The van der Waals surface area contributed by atoms with Crippen LogP contribution in [0.4, 0.5) is 0 Å². The molecule has 1 unspecified atom stereocenters. The van der Waals surface area contributed by atoms with Crippen molar-refractivity contribution >= 4 is 34.9 Å². The number of thioether (sulfide) groups is 1. The van der Waals surface area contributed by atoms with Gasteiger partial charge in [-0.15, -0.1) is 0 Å². The molecule has 2 N–H and O–H groups in total. The molecule has 0 fully saturated rings. The number of amides is 1. The normalized spacial score (nSPS) is 12.5. The second-order valence-electron chi connectivity index (χ2n) is 4.46. The van der Waals surface area contributed by atoms with Gasteiger partial charge in [0.2, 0.25) is 5.91 Å². The number of nitrogens with zero attached hydrogens (tertiary/aromatic N) is 2. The predicted molar refractivity (Wildman–Crippen MR) is 84.1 cm³/mol. The molecule has 0 spiro atoms. The number of likely N-dealkylation sites (N-methyl/N-ethyl adjacent to an activating group) is 2. The summed E-state index contributed by atoms with van der Waals surface area (Å²) in [6, 6.07) is 0.452. The van der Waals surface area contributed by atoms with Gasteiger partial charge in [0.25, 0.3) is 0 Å². The minimum atomic E-state index is 0.119. The van der Waals surface area contributed by atoms with Crippen molar-refractivity contribution in [3.63, 3.8) is 0 Å². The van der Waals surface area contributed by atoms with Crippen LogP contribution in [0.5, 0.6) is 0 Å². The van der Waals surface area contributed by atoms with Gasteiger partial charge in [-0.1, -0.05) is 19.1 Å². The highest BCUT2D eigenvalue weighted by molar-refractivity contribution is 7.98. The van der Waals surface area contributed by atoms with Gasteiger partial charge in [0.05, 0.1) is 11.5 Å². The summed E-state index contributed by atoms with van der Waals surface area (Å²) in [5.41, 5.74) is 5.43. The van der Waals surface area contributed by atoms with Crippen LogP contribution in [0.2, 0.25) is 0 Å². The van der Waals surface area contributed by atoms with Gasteiger partial charge in [-0.05, 0) is 19.7 Å². The molecule has 0 saturated heterocycles. The van der Waals surface area contributed by atoms with E-state index < -0.39 is 0 Å². The van der Waals surface area contributed by atoms with Crippen molar-refractivity contribution in [3.05, 3.63) is 0 Å². The molecule has 106 valence electrons. The zero-order valence-electron chi connectivity index (χ0n) is 11.8. The third-order valence-corrected chi connectivity index (χ3v) is 3.88. The molecule has 0 bridgehead atoms. The lowest BCUT2D eigenvalue weighted by molar-refractivity contribution is -0.131. The van der Waals surface area contributed by atoms with Gasteiger partial charge in [0.15, 0.2) is 0 Å². The second kappa shape index (κ2) is 9.58. The zero-order chi connectivity index (χ0) is 14.1. The molecule has 0 aromatic heterocycles. The topological polar surface area (TPSA) is 49.6 Å². The van der Waals surface area contributed by atoms with E-state index in [4.69, 9.17) is 18.0 Å². The van der Waals surface area contributed by atoms with E-state index in [0.29, 0.717) is 30.5 Å². The third-order valence-electron chi connectivity index (χ3n) is 2.96. The number of rotatable bonds is 9. The van der Waals surface area contributed by atoms with Crippen molar-refractivity contribution in [2.24, 2.45) is 5.73 Å². The average molecular weight is 291 g/mol. The number of hydrogen-bond donors (Lipinski definition) is 1. The fraction of sp³-hybridized carbons (Fsp3) is 0.833. The summed E-state index contributed by atoms with van der Waals surface area (Å²) < 4.78 is 0. The Balaban J connectivity index is 4.15. The van der Waals surface area contributed by atoms with Gasteiger partial charge in [-0.2, -0.15) is 11.8 Å². The van der Waals surface area contributed by atoms with Crippen LogP contribution in [0.15, 0.2) is 0 Å². The molecule has 6 heteroatoms. The highest BCUT2D eigenvalue weighted by Crippen LogP contribution is 2.08. The molecule has 0 heterocycles. The minimum Gasteiger partial charge on any atom is -0.393 e. The van der Waals surface area contributed by atoms with E-state index in [-0.39, 0.29) is 5.91 Å². The molecule has 0 aliphatic carbocycles. The standard InChI is InChI=1S/C12H25N3OS2/c1-5-10(9-18-4)15(3)8-12(16)14(2)7-6-11(13)17/h10H,5-9H2,1-4H3,(H2,13,17). The first-order valence-electron chi connectivity index (χ1n) is 6.13. The molecule has 0 rings (SSSR count). The van der Waals surface area contributed by atoms with E-state index >= 15 is 0 Å². The first-order valence-corrected chi connectivity index (χ1v) is 7.94. The van der Waals surface area contributed by atoms with Gasteiger partial charge in [-0.3, -0.25) is 9.69 Å². The largest absolute Gasteiger partial charge is 0.393 e.